The summed E-state index contributed by atoms with van der Waals surface area (Å²) in [6, 6.07) is 11.7. The molecule has 5 nitrogen and oxygen atoms in total. The molecule has 2 aromatic heterocycles. The summed E-state index contributed by atoms with van der Waals surface area (Å²) < 4.78 is 7.46. The lowest BCUT2D eigenvalue weighted by Crippen LogP contribution is -2.16. The van der Waals surface area contributed by atoms with Crippen molar-refractivity contribution in [1.29, 1.82) is 0 Å². The van der Waals surface area contributed by atoms with Crippen LogP contribution in [0.25, 0.3) is 5.65 Å². The van der Waals surface area contributed by atoms with E-state index < -0.39 is 0 Å². The first-order valence-corrected chi connectivity index (χ1v) is 9.09. The molecule has 0 bridgehead atoms. The lowest BCUT2D eigenvalue weighted by molar-refractivity contribution is 0.102. The molecule has 1 amide bonds. The molecule has 26 heavy (non-hydrogen) atoms. The number of hydrogen-bond acceptors (Lipinski definition) is 3. The number of hydrogen-bond donors (Lipinski definition) is 1. The van der Waals surface area contributed by atoms with Crippen molar-refractivity contribution in [3.05, 3.63) is 59.5 Å². The van der Waals surface area contributed by atoms with Crippen molar-refractivity contribution in [3.63, 3.8) is 0 Å². The number of carbonyl (C=O) groups excluding carboxylic acids is 1. The molecular formula is C21H25N3O2. The van der Waals surface area contributed by atoms with E-state index in [0.29, 0.717) is 36.0 Å². The third-order valence-corrected chi connectivity index (χ3v) is 4.37. The first kappa shape index (κ1) is 18.0. The number of benzene rings is 1. The monoisotopic (exact) mass is 351 g/mol. The SMILES string of the molecule is CCOc1cccn2c(C(=O)Nc3ccc(C(C)C)cc3)c(CC)nc12. The van der Waals surface area contributed by atoms with Gasteiger partial charge in [0.15, 0.2) is 11.4 Å². The molecule has 0 aliphatic rings. The number of aromatic nitrogens is 2. The van der Waals surface area contributed by atoms with Gasteiger partial charge >= 0.3 is 0 Å². The average Bonchev–Trinajstić information content (AvgIpc) is 3.02. The van der Waals surface area contributed by atoms with Gasteiger partial charge in [0.1, 0.15) is 5.69 Å². The summed E-state index contributed by atoms with van der Waals surface area (Å²) in [6.07, 6.45) is 2.52. The smallest absolute Gasteiger partial charge is 0.274 e. The highest BCUT2D eigenvalue weighted by Crippen LogP contribution is 2.24. The minimum absolute atomic E-state index is 0.166. The van der Waals surface area contributed by atoms with E-state index in [1.807, 2.05) is 60.8 Å². The van der Waals surface area contributed by atoms with Crippen LogP contribution in [-0.2, 0) is 6.42 Å². The second-order valence-electron chi connectivity index (χ2n) is 6.49. The summed E-state index contributed by atoms with van der Waals surface area (Å²) in [7, 11) is 0. The van der Waals surface area contributed by atoms with Crippen LogP contribution in [0.15, 0.2) is 42.6 Å². The van der Waals surface area contributed by atoms with Gasteiger partial charge < -0.3 is 10.1 Å². The maximum absolute atomic E-state index is 12.9. The molecule has 2 heterocycles. The molecule has 3 rings (SSSR count). The second-order valence-corrected chi connectivity index (χ2v) is 6.49. The summed E-state index contributed by atoms with van der Waals surface area (Å²) in [5.74, 6) is 0.979. The molecule has 0 radical (unpaired) electrons. The van der Waals surface area contributed by atoms with E-state index in [0.717, 1.165) is 11.4 Å². The van der Waals surface area contributed by atoms with Gasteiger partial charge in [-0.25, -0.2) is 4.98 Å². The lowest BCUT2D eigenvalue weighted by atomic mass is 10.0. The van der Waals surface area contributed by atoms with Gasteiger partial charge in [0.05, 0.1) is 12.3 Å². The predicted octanol–water partition coefficient (Wildman–Crippen LogP) is 4.67. The minimum atomic E-state index is -0.166. The molecule has 0 spiro atoms. The van der Waals surface area contributed by atoms with E-state index in [1.54, 1.807) is 0 Å². The number of pyridine rings is 1. The Morgan fingerprint density at radius 3 is 2.54 bits per heavy atom. The largest absolute Gasteiger partial charge is 0.490 e. The highest BCUT2D eigenvalue weighted by molar-refractivity contribution is 6.04. The molecule has 3 aromatic rings. The van der Waals surface area contributed by atoms with Gasteiger partial charge in [0, 0.05) is 11.9 Å². The van der Waals surface area contributed by atoms with E-state index in [9.17, 15) is 4.79 Å². The number of ether oxygens (including phenoxy) is 1. The number of imidazole rings is 1. The van der Waals surface area contributed by atoms with Crippen molar-refractivity contribution in [2.45, 2.75) is 40.0 Å². The molecule has 0 aliphatic carbocycles. The zero-order chi connectivity index (χ0) is 18.7. The average molecular weight is 351 g/mol. The molecule has 0 fully saturated rings. The van der Waals surface area contributed by atoms with Gasteiger partial charge in [-0.3, -0.25) is 9.20 Å². The molecular weight excluding hydrogens is 326 g/mol. The second kappa shape index (κ2) is 7.60. The van der Waals surface area contributed by atoms with Gasteiger partial charge in [0.25, 0.3) is 5.91 Å². The zero-order valence-corrected chi connectivity index (χ0v) is 15.7. The van der Waals surface area contributed by atoms with Crippen molar-refractivity contribution in [3.8, 4) is 5.75 Å². The fraction of sp³-hybridized carbons (Fsp3) is 0.333. The van der Waals surface area contributed by atoms with Crippen LogP contribution in [0.4, 0.5) is 5.69 Å². The van der Waals surface area contributed by atoms with E-state index in [-0.39, 0.29) is 5.91 Å². The lowest BCUT2D eigenvalue weighted by Gasteiger charge is -2.09. The van der Waals surface area contributed by atoms with Crippen molar-refractivity contribution >= 4 is 17.2 Å². The summed E-state index contributed by atoms with van der Waals surface area (Å²) in [6.45, 7) is 8.78. The number of aryl methyl sites for hydroxylation is 1. The Labute approximate surface area is 154 Å². The third-order valence-electron chi connectivity index (χ3n) is 4.37. The van der Waals surface area contributed by atoms with Crippen LogP contribution in [0, 0.1) is 0 Å². The van der Waals surface area contributed by atoms with Gasteiger partial charge in [-0.15, -0.1) is 0 Å². The molecule has 5 heteroatoms. The summed E-state index contributed by atoms with van der Waals surface area (Å²) in [4.78, 5) is 17.6. The molecule has 0 atom stereocenters. The number of nitrogens with zero attached hydrogens (tertiary/aromatic N) is 2. The summed E-state index contributed by atoms with van der Waals surface area (Å²) in [5.41, 5.74) is 4.00. The van der Waals surface area contributed by atoms with Crippen molar-refractivity contribution < 1.29 is 9.53 Å². The van der Waals surface area contributed by atoms with Crippen LogP contribution in [0.1, 0.15) is 55.4 Å². The van der Waals surface area contributed by atoms with Crippen LogP contribution in [0.5, 0.6) is 5.75 Å². The van der Waals surface area contributed by atoms with E-state index in [2.05, 4.69) is 24.1 Å². The van der Waals surface area contributed by atoms with E-state index >= 15 is 0 Å². The topological polar surface area (TPSA) is 55.6 Å². The molecule has 1 N–H and O–H groups in total. The van der Waals surface area contributed by atoms with Gasteiger partial charge in [-0.2, -0.15) is 0 Å². The maximum Gasteiger partial charge on any atom is 0.274 e. The fourth-order valence-corrected chi connectivity index (χ4v) is 2.99. The standard InChI is InChI=1S/C21H25N3O2/c1-5-17-19(24-13-7-8-18(26-6-2)20(24)23-17)21(25)22-16-11-9-15(10-12-16)14(3)4/h7-14H,5-6H2,1-4H3,(H,22,25). The number of anilines is 1. The Kier molecular flexibility index (Phi) is 5.26. The highest BCUT2D eigenvalue weighted by Gasteiger charge is 2.20. The maximum atomic E-state index is 12.9. The highest BCUT2D eigenvalue weighted by atomic mass is 16.5. The van der Waals surface area contributed by atoms with Crippen LogP contribution in [-0.4, -0.2) is 21.9 Å². The van der Waals surface area contributed by atoms with Gasteiger partial charge in [0.2, 0.25) is 0 Å². The van der Waals surface area contributed by atoms with E-state index in [1.165, 1.54) is 5.56 Å². The minimum Gasteiger partial charge on any atom is -0.490 e. The molecule has 0 saturated heterocycles. The predicted molar refractivity (Wildman–Crippen MR) is 104 cm³/mol. The molecule has 136 valence electrons. The number of carbonyl (C=O) groups is 1. The van der Waals surface area contributed by atoms with E-state index in [4.69, 9.17) is 4.74 Å². The zero-order valence-electron chi connectivity index (χ0n) is 15.7. The Morgan fingerprint density at radius 1 is 1.19 bits per heavy atom. The van der Waals surface area contributed by atoms with Gasteiger partial charge in [-0.1, -0.05) is 32.9 Å². The number of amides is 1. The summed E-state index contributed by atoms with van der Waals surface area (Å²) >= 11 is 0. The van der Waals surface area contributed by atoms with Crippen molar-refractivity contribution in [2.24, 2.45) is 0 Å². The molecule has 0 aliphatic heterocycles. The van der Waals surface area contributed by atoms with Crippen LogP contribution >= 0.6 is 0 Å². The quantitative estimate of drug-likeness (QED) is 0.702. The van der Waals surface area contributed by atoms with Crippen LogP contribution in [0.2, 0.25) is 0 Å². The normalized spacial score (nSPS) is 11.1. The third kappa shape index (κ3) is 3.43. The van der Waals surface area contributed by atoms with Crippen molar-refractivity contribution in [1.82, 2.24) is 9.38 Å². The molecule has 0 unspecified atom stereocenters. The Morgan fingerprint density at radius 2 is 1.92 bits per heavy atom. The number of rotatable bonds is 6. The Balaban J connectivity index is 1.95. The Bertz CT molecular complexity index is 911. The molecule has 1 aromatic carbocycles. The summed E-state index contributed by atoms with van der Waals surface area (Å²) in [5, 5.41) is 2.99. The first-order chi connectivity index (χ1) is 12.5. The number of nitrogens with one attached hydrogen (secondary N) is 1. The first-order valence-electron chi connectivity index (χ1n) is 9.09. The fourth-order valence-electron chi connectivity index (χ4n) is 2.99. The van der Waals surface area contributed by atoms with Crippen LogP contribution < -0.4 is 10.1 Å². The Hall–Kier alpha value is -2.82. The van der Waals surface area contributed by atoms with Crippen LogP contribution in [0.3, 0.4) is 0 Å². The molecule has 0 saturated carbocycles. The van der Waals surface area contributed by atoms with Crippen molar-refractivity contribution in [2.75, 3.05) is 11.9 Å². The number of fused-ring (bicyclic) bond motifs is 1. The van der Waals surface area contributed by atoms with Gasteiger partial charge in [-0.05, 0) is 49.1 Å².